The van der Waals surface area contributed by atoms with E-state index in [0.717, 1.165) is 51.7 Å². The molecule has 0 aromatic heterocycles. The SMILES string of the molecule is CCc1ccc(-c2ccc3c(c2)CCC2(CC2)[C@@H]3N(C(=O)O)C2CN3CCC2CC3)cc1. The van der Waals surface area contributed by atoms with Gasteiger partial charge in [-0.15, -0.1) is 0 Å². The molecule has 2 aromatic carbocycles. The lowest BCUT2D eigenvalue weighted by Crippen LogP contribution is -2.60. The first-order valence-electron chi connectivity index (χ1n) is 12.5. The molecule has 2 atom stereocenters. The number of hydrogen-bond acceptors (Lipinski definition) is 2. The maximum Gasteiger partial charge on any atom is 0.408 e. The van der Waals surface area contributed by atoms with Gasteiger partial charge in [-0.3, -0.25) is 4.90 Å². The van der Waals surface area contributed by atoms with Crippen LogP contribution in [0.5, 0.6) is 0 Å². The first kappa shape index (κ1) is 20.3. The van der Waals surface area contributed by atoms with Crippen molar-refractivity contribution in [3.8, 4) is 11.1 Å². The Kier molecular flexibility index (Phi) is 4.83. The minimum atomic E-state index is -0.716. The zero-order valence-electron chi connectivity index (χ0n) is 19.1. The molecule has 5 aliphatic rings. The fourth-order valence-corrected chi connectivity index (χ4v) is 6.87. The molecule has 1 saturated carbocycles. The van der Waals surface area contributed by atoms with Crippen LogP contribution in [0.1, 0.15) is 61.8 Å². The topological polar surface area (TPSA) is 43.8 Å². The van der Waals surface area contributed by atoms with Crippen molar-refractivity contribution in [2.24, 2.45) is 11.3 Å². The normalized spacial score (nSPS) is 29.5. The second-order valence-electron chi connectivity index (χ2n) is 10.6. The predicted molar refractivity (Wildman–Crippen MR) is 127 cm³/mol. The fraction of sp³-hybridized carbons (Fsp3) is 0.536. The summed E-state index contributed by atoms with van der Waals surface area (Å²) in [5.41, 5.74) is 6.67. The Balaban J connectivity index is 1.38. The van der Waals surface area contributed by atoms with Crippen molar-refractivity contribution in [2.45, 2.75) is 64.0 Å². The number of amides is 1. The third-order valence-electron chi connectivity index (χ3n) is 8.98. The van der Waals surface area contributed by atoms with E-state index in [1.54, 1.807) is 0 Å². The van der Waals surface area contributed by atoms with Crippen LogP contribution < -0.4 is 0 Å². The lowest BCUT2D eigenvalue weighted by molar-refractivity contribution is -0.0243. The molecule has 4 nitrogen and oxygen atoms in total. The van der Waals surface area contributed by atoms with Gasteiger partial charge >= 0.3 is 6.09 Å². The van der Waals surface area contributed by atoms with Gasteiger partial charge in [-0.1, -0.05) is 49.4 Å². The number of carboxylic acid groups (broad SMARTS) is 1. The van der Waals surface area contributed by atoms with E-state index in [-0.39, 0.29) is 17.5 Å². The lowest BCUT2D eigenvalue weighted by Gasteiger charge is -2.52. The van der Waals surface area contributed by atoms with Crippen LogP contribution in [0, 0.1) is 11.3 Å². The van der Waals surface area contributed by atoms with E-state index in [0.29, 0.717) is 5.92 Å². The molecule has 2 aliphatic carbocycles. The van der Waals surface area contributed by atoms with E-state index in [2.05, 4.69) is 54.3 Å². The van der Waals surface area contributed by atoms with Crippen LogP contribution in [0.4, 0.5) is 4.79 Å². The molecule has 32 heavy (non-hydrogen) atoms. The zero-order valence-corrected chi connectivity index (χ0v) is 19.1. The summed E-state index contributed by atoms with van der Waals surface area (Å²) in [5, 5.41) is 10.5. The van der Waals surface area contributed by atoms with Crippen LogP contribution >= 0.6 is 0 Å². The van der Waals surface area contributed by atoms with Crippen molar-refractivity contribution < 1.29 is 9.90 Å². The molecule has 4 fully saturated rings. The number of rotatable bonds is 4. The zero-order chi connectivity index (χ0) is 21.9. The van der Waals surface area contributed by atoms with E-state index >= 15 is 0 Å². The first-order chi connectivity index (χ1) is 15.6. The number of fused-ring (bicyclic) bond motifs is 4. The highest BCUT2D eigenvalue weighted by Crippen LogP contribution is 2.63. The smallest absolute Gasteiger partial charge is 0.408 e. The monoisotopic (exact) mass is 430 g/mol. The van der Waals surface area contributed by atoms with E-state index in [9.17, 15) is 9.90 Å². The molecule has 168 valence electrons. The summed E-state index contributed by atoms with van der Waals surface area (Å²) in [7, 11) is 0. The number of carbonyl (C=O) groups is 1. The average molecular weight is 431 g/mol. The number of nitrogens with zero attached hydrogens (tertiary/aromatic N) is 2. The molecule has 2 bridgehead atoms. The van der Waals surface area contributed by atoms with Gasteiger partial charge < -0.3 is 10.0 Å². The molecule has 3 aliphatic heterocycles. The quantitative estimate of drug-likeness (QED) is 0.671. The largest absolute Gasteiger partial charge is 0.465 e. The third-order valence-corrected chi connectivity index (χ3v) is 8.98. The molecule has 4 heteroatoms. The van der Waals surface area contributed by atoms with Gasteiger partial charge in [-0.2, -0.15) is 0 Å². The maximum absolute atomic E-state index is 12.8. The Morgan fingerprint density at radius 2 is 1.78 bits per heavy atom. The van der Waals surface area contributed by atoms with Gasteiger partial charge in [0.25, 0.3) is 0 Å². The summed E-state index contributed by atoms with van der Waals surface area (Å²) in [5.74, 6) is 0.522. The molecule has 3 saturated heterocycles. The molecule has 0 radical (unpaired) electrons. The molecule has 7 rings (SSSR count). The molecular formula is C28H34N2O2. The fourth-order valence-electron chi connectivity index (χ4n) is 6.87. The molecular weight excluding hydrogens is 396 g/mol. The van der Waals surface area contributed by atoms with E-state index in [1.165, 1.54) is 40.7 Å². The van der Waals surface area contributed by atoms with Gasteiger partial charge in [-0.05, 0) is 97.2 Å². The minimum Gasteiger partial charge on any atom is -0.465 e. The van der Waals surface area contributed by atoms with Crippen molar-refractivity contribution in [3.63, 3.8) is 0 Å². The number of hydrogen-bond donors (Lipinski definition) is 1. The van der Waals surface area contributed by atoms with Crippen molar-refractivity contribution in [3.05, 3.63) is 59.2 Å². The Labute approximate surface area is 191 Å². The second kappa shape index (κ2) is 7.62. The second-order valence-corrected chi connectivity index (χ2v) is 10.6. The van der Waals surface area contributed by atoms with Gasteiger partial charge in [0.05, 0.1) is 12.1 Å². The molecule has 2 aromatic rings. The summed E-state index contributed by atoms with van der Waals surface area (Å²) >= 11 is 0. The van der Waals surface area contributed by atoms with Crippen LogP contribution in [0.2, 0.25) is 0 Å². The molecule has 1 unspecified atom stereocenters. The van der Waals surface area contributed by atoms with Crippen LogP contribution in [-0.2, 0) is 12.8 Å². The first-order valence-corrected chi connectivity index (χ1v) is 12.5. The summed E-state index contributed by atoms with van der Waals surface area (Å²) in [6.45, 7) is 5.38. The number of aryl methyl sites for hydroxylation is 2. The standard InChI is InChI=1S/C28H34N2O2/c1-2-19-3-5-20(6-4-19)22-7-8-24-23(17-22)9-12-28(13-14-28)26(24)30(27(31)32)25-18-29-15-10-21(25)11-16-29/h3-8,17,21,25-26H,2,9-16,18H2,1H3,(H,31,32)/t25?,26-/m1/s1. The number of benzene rings is 2. The molecule has 3 heterocycles. The minimum absolute atomic E-state index is 0.0193. The Morgan fingerprint density at radius 1 is 1.06 bits per heavy atom. The molecule has 1 N–H and O–H groups in total. The Bertz CT molecular complexity index is 1020. The Morgan fingerprint density at radius 3 is 2.38 bits per heavy atom. The van der Waals surface area contributed by atoms with Crippen molar-refractivity contribution in [1.29, 1.82) is 0 Å². The van der Waals surface area contributed by atoms with E-state index in [1.807, 2.05) is 4.90 Å². The summed E-state index contributed by atoms with van der Waals surface area (Å²) in [6, 6.07) is 15.9. The third kappa shape index (κ3) is 3.26. The molecule has 1 spiro atoms. The number of piperidine rings is 3. The Hall–Kier alpha value is -2.33. The summed E-state index contributed by atoms with van der Waals surface area (Å²) in [6.07, 6.45) is 7.16. The van der Waals surface area contributed by atoms with Gasteiger partial charge in [0.1, 0.15) is 0 Å². The highest BCUT2D eigenvalue weighted by atomic mass is 16.4. The highest BCUT2D eigenvalue weighted by molar-refractivity contribution is 5.69. The molecule has 1 amide bonds. The average Bonchev–Trinajstić information content (AvgIpc) is 3.61. The van der Waals surface area contributed by atoms with Crippen LogP contribution in [-0.4, -0.2) is 46.7 Å². The van der Waals surface area contributed by atoms with Gasteiger partial charge in [0, 0.05) is 6.54 Å². The van der Waals surface area contributed by atoms with Crippen molar-refractivity contribution >= 4 is 6.09 Å². The van der Waals surface area contributed by atoms with E-state index in [4.69, 9.17) is 0 Å². The van der Waals surface area contributed by atoms with Gasteiger partial charge in [0.2, 0.25) is 0 Å². The van der Waals surface area contributed by atoms with Gasteiger partial charge in [0.15, 0.2) is 0 Å². The maximum atomic E-state index is 12.8. The van der Waals surface area contributed by atoms with Crippen LogP contribution in [0.15, 0.2) is 42.5 Å². The van der Waals surface area contributed by atoms with Crippen LogP contribution in [0.25, 0.3) is 11.1 Å². The van der Waals surface area contributed by atoms with Crippen molar-refractivity contribution in [2.75, 3.05) is 19.6 Å². The van der Waals surface area contributed by atoms with E-state index < -0.39 is 6.09 Å². The summed E-state index contributed by atoms with van der Waals surface area (Å²) in [4.78, 5) is 17.2. The highest BCUT2D eigenvalue weighted by Gasteiger charge is 2.57. The van der Waals surface area contributed by atoms with Crippen molar-refractivity contribution in [1.82, 2.24) is 9.80 Å². The lowest BCUT2D eigenvalue weighted by atomic mass is 9.73. The van der Waals surface area contributed by atoms with Gasteiger partial charge in [-0.25, -0.2) is 4.79 Å². The predicted octanol–water partition coefficient (Wildman–Crippen LogP) is 5.76. The summed E-state index contributed by atoms with van der Waals surface area (Å²) < 4.78 is 0. The van der Waals surface area contributed by atoms with Crippen LogP contribution in [0.3, 0.4) is 0 Å².